The van der Waals surface area contributed by atoms with Crippen LogP contribution in [0.5, 0.6) is 0 Å². The zero-order valence-corrected chi connectivity index (χ0v) is 11.5. The number of nitrogens with zero attached hydrogens (tertiary/aromatic N) is 2. The standard InChI is InChI=1S/C16H13ClN2O/c17-14-8-4-7-13(11-14)15-18-9-10-19(15)16(20)12-5-2-1-3-6-12/h1-8,11H,9-10H2. The van der Waals surface area contributed by atoms with Gasteiger partial charge in [0.2, 0.25) is 0 Å². The van der Waals surface area contributed by atoms with Crippen molar-refractivity contribution in [2.24, 2.45) is 4.99 Å². The number of aliphatic imine (C=N–C) groups is 1. The Balaban J connectivity index is 1.91. The van der Waals surface area contributed by atoms with Crippen LogP contribution in [0.3, 0.4) is 0 Å². The van der Waals surface area contributed by atoms with Crippen molar-refractivity contribution >= 4 is 23.3 Å². The first kappa shape index (κ1) is 12.9. The Bertz CT molecular complexity index is 667. The van der Waals surface area contributed by atoms with E-state index in [1.165, 1.54) is 0 Å². The van der Waals surface area contributed by atoms with Gasteiger partial charge in [-0.3, -0.25) is 14.7 Å². The quantitative estimate of drug-likeness (QED) is 0.833. The second kappa shape index (κ2) is 5.47. The lowest BCUT2D eigenvalue weighted by atomic mass is 10.1. The summed E-state index contributed by atoms with van der Waals surface area (Å²) in [5, 5.41) is 0.643. The van der Waals surface area contributed by atoms with Crippen LogP contribution in [0.25, 0.3) is 0 Å². The molecule has 0 radical (unpaired) electrons. The van der Waals surface area contributed by atoms with Crippen molar-refractivity contribution in [3.05, 3.63) is 70.7 Å². The van der Waals surface area contributed by atoms with E-state index in [4.69, 9.17) is 11.6 Å². The third kappa shape index (κ3) is 2.45. The average molecular weight is 285 g/mol. The molecule has 2 aromatic carbocycles. The van der Waals surface area contributed by atoms with Crippen LogP contribution >= 0.6 is 11.6 Å². The first-order chi connectivity index (χ1) is 9.75. The molecule has 3 rings (SSSR count). The van der Waals surface area contributed by atoms with Crippen molar-refractivity contribution in [3.8, 4) is 0 Å². The number of hydrogen-bond acceptors (Lipinski definition) is 2. The largest absolute Gasteiger partial charge is 0.291 e. The van der Waals surface area contributed by atoms with Crippen LogP contribution in [0, 0.1) is 0 Å². The minimum atomic E-state index is -0.0261. The van der Waals surface area contributed by atoms with Gasteiger partial charge < -0.3 is 0 Å². The number of benzene rings is 2. The first-order valence-corrected chi connectivity index (χ1v) is 6.81. The highest BCUT2D eigenvalue weighted by atomic mass is 35.5. The Hall–Kier alpha value is -2.13. The van der Waals surface area contributed by atoms with Crippen molar-refractivity contribution in [1.82, 2.24) is 4.90 Å². The van der Waals surface area contributed by atoms with Gasteiger partial charge >= 0.3 is 0 Å². The van der Waals surface area contributed by atoms with E-state index in [1.807, 2.05) is 54.6 Å². The molecular formula is C16H13ClN2O. The van der Waals surface area contributed by atoms with Crippen molar-refractivity contribution in [1.29, 1.82) is 0 Å². The van der Waals surface area contributed by atoms with E-state index in [1.54, 1.807) is 4.90 Å². The normalized spacial score (nSPS) is 14.2. The topological polar surface area (TPSA) is 32.7 Å². The summed E-state index contributed by atoms with van der Waals surface area (Å²) < 4.78 is 0. The van der Waals surface area contributed by atoms with Crippen LogP contribution in [-0.4, -0.2) is 29.7 Å². The van der Waals surface area contributed by atoms with Crippen LogP contribution in [-0.2, 0) is 0 Å². The number of amidine groups is 1. The molecule has 3 nitrogen and oxygen atoms in total. The molecule has 0 saturated heterocycles. The number of halogens is 1. The maximum absolute atomic E-state index is 12.5. The van der Waals surface area contributed by atoms with Gasteiger partial charge in [-0.2, -0.15) is 0 Å². The number of rotatable bonds is 2. The summed E-state index contributed by atoms with van der Waals surface area (Å²) >= 11 is 6.01. The number of carbonyl (C=O) groups excluding carboxylic acids is 1. The molecular weight excluding hydrogens is 272 g/mol. The van der Waals surface area contributed by atoms with E-state index < -0.39 is 0 Å². The second-order valence-corrected chi connectivity index (χ2v) is 4.97. The lowest BCUT2D eigenvalue weighted by Gasteiger charge is -2.18. The van der Waals surface area contributed by atoms with Gasteiger partial charge in [0.1, 0.15) is 5.84 Å². The fourth-order valence-electron chi connectivity index (χ4n) is 2.26. The zero-order chi connectivity index (χ0) is 13.9. The maximum atomic E-state index is 12.5. The van der Waals surface area contributed by atoms with Crippen molar-refractivity contribution in [2.75, 3.05) is 13.1 Å². The minimum Gasteiger partial charge on any atom is -0.291 e. The molecule has 0 aliphatic carbocycles. The molecule has 1 heterocycles. The van der Waals surface area contributed by atoms with Gasteiger partial charge in [0.05, 0.1) is 6.54 Å². The third-order valence-electron chi connectivity index (χ3n) is 3.19. The molecule has 0 N–H and O–H groups in total. The molecule has 0 fully saturated rings. The molecule has 0 spiro atoms. The van der Waals surface area contributed by atoms with Crippen molar-refractivity contribution in [3.63, 3.8) is 0 Å². The fourth-order valence-corrected chi connectivity index (χ4v) is 2.45. The number of amides is 1. The summed E-state index contributed by atoms with van der Waals surface area (Å²) in [5.41, 5.74) is 1.54. The maximum Gasteiger partial charge on any atom is 0.259 e. The van der Waals surface area contributed by atoms with Crippen LogP contribution in [0.2, 0.25) is 5.02 Å². The molecule has 0 unspecified atom stereocenters. The average Bonchev–Trinajstić information content (AvgIpc) is 2.97. The third-order valence-corrected chi connectivity index (χ3v) is 3.42. The lowest BCUT2D eigenvalue weighted by Crippen LogP contribution is -2.34. The first-order valence-electron chi connectivity index (χ1n) is 6.43. The summed E-state index contributed by atoms with van der Waals surface area (Å²) in [6.45, 7) is 1.23. The van der Waals surface area contributed by atoms with E-state index >= 15 is 0 Å². The Morgan fingerprint density at radius 1 is 1.10 bits per heavy atom. The molecule has 100 valence electrons. The Labute approximate surface area is 122 Å². The molecule has 4 heteroatoms. The van der Waals surface area contributed by atoms with Gasteiger partial charge in [-0.1, -0.05) is 41.9 Å². The Morgan fingerprint density at radius 3 is 2.65 bits per heavy atom. The Kier molecular flexibility index (Phi) is 3.52. The van der Waals surface area contributed by atoms with Gasteiger partial charge in [0, 0.05) is 22.7 Å². The molecule has 20 heavy (non-hydrogen) atoms. The molecule has 1 aliphatic heterocycles. The second-order valence-electron chi connectivity index (χ2n) is 4.54. The van der Waals surface area contributed by atoms with Gasteiger partial charge in [-0.15, -0.1) is 0 Å². The summed E-state index contributed by atoms with van der Waals surface area (Å²) in [7, 11) is 0. The summed E-state index contributed by atoms with van der Waals surface area (Å²) in [6.07, 6.45) is 0. The lowest BCUT2D eigenvalue weighted by molar-refractivity contribution is 0.0858. The van der Waals surface area contributed by atoms with Crippen LogP contribution < -0.4 is 0 Å². The van der Waals surface area contributed by atoms with E-state index in [0.29, 0.717) is 29.5 Å². The minimum absolute atomic E-state index is 0.0261. The molecule has 0 aromatic heterocycles. The monoisotopic (exact) mass is 284 g/mol. The zero-order valence-electron chi connectivity index (χ0n) is 10.8. The van der Waals surface area contributed by atoms with Crippen LogP contribution in [0.15, 0.2) is 59.6 Å². The van der Waals surface area contributed by atoms with Gasteiger partial charge in [0.15, 0.2) is 0 Å². The summed E-state index contributed by atoms with van der Waals surface area (Å²) in [6, 6.07) is 16.7. The van der Waals surface area contributed by atoms with E-state index in [0.717, 1.165) is 5.56 Å². The number of carbonyl (C=O) groups is 1. The SMILES string of the molecule is O=C(c1ccccc1)N1CCN=C1c1cccc(Cl)c1. The predicted octanol–water partition coefficient (Wildman–Crippen LogP) is 3.24. The van der Waals surface area contributed by atoms with Crippen LogP contribution in [0.1, 0.15) is 15.9 Å². The van der Waals surface area contributed by atoms with Gasteiger partial charge in [-0.25, -0.2) is 0 Å². The van der Waals surface area contributed by atoms with E-state index in [2.05, 4.69) is 4.99 Å². The molecule has 0 saturated carbocycles. The number of hydrogen-bond donors (Lipinski definition) is 0. The highest BCUT2D eigenvalue weighted by molar-refractivity contribution is 6.31. The highest BCUT2D eigenvalue weighted by Crippen LogP contribution is 2.18. The van der Waals surface area contributed by atoms with Gasteiger partial charge in [0.25, 0.3) is 5.91 Å². The molecule has 2 aromatic rings. The van der Waals surface area contributed by atoms with Crippen molar-refractivity contribution < 1.29 is 4.79 Å². The molecule has 1 amide bonds. The fraction of sp³-hybridized carbons (Fsp3) is 0.125. The Morgan fingerprint density at radius 2 is 1.90 bits per heavy atom. The molecule has 1 aliphatic rings. The summed E-state index contributed by atoms with van der Waals surface area (Å²) in [4.78, 5) is 18.7. The summed E-state index contributed by atoms with van der Waals surface area (Å²) in [5.74, 6) is 0.670. The molecule has 0 bridgehead atoms. The van der Waals surface area contributed by atoms with Gasteiger partial charge in [-0.05, 0) is 24.3 Å². The predicted molar refractivity (Wildman–Crippen MR) is 80.3 cm³/mol. The molecule has 0 atom stereocenters. The smallest absolute Gasteiger partial charge is 0.259 e. The van der Waals surface area contributed by atoms with E-state index in [9.17, 15) is 4.79 Å². The van der Waals surface area contributed by atoms with Crippen LogP contribution in [0.4, 0.5) is 0 Å². The van der Waals surface area contributed by atoms with Crippen molar-refractivity contribution in [2.45, 2.75) is 0 Å². The highest BCUT2D eigenvalue weighted by Gasteiger charge is 2.25. The van der Waals surface area contributed by atoms with E-state index in [-0.39, 0.29) is 5.91 Å².